The van der Waals surface area contributed by atoms with Gasteiger partial charge in [-0.2, -0.15) is 11.8 Å². The monoisotopic (exact) mass is 216 g/mol. The number of nitrogens with one attached hydrogen (secondary N) is 1. The predicted octanol–water partition coefficient (Wildman–Crippen LogP) is 0.0639. The van der Waals surface area contributed by atoms with Crippen LogP contribution in [-0.4, -0.2) is 41.3 Å². The molecule has 0 saturated carbocycles. The average Bonchev–Trinajstić information content (AvgIpc) is 2.14. The zero-order valence-corrected chi connectivity index (χ0v) is 8.89. The van der Waals surface area contributed by atoms with Crippen molar-refractivity contribution in [2.45, 2.75) is 6.92 Å². The van der Waals surface area contributed by atoms with Gasteiger partial charge in [0.05, 0.1) is 0 Å². The first kappa shape index (κ1) is 11.0. The fourth-order valence-corrected chi connectivity index (χ4v) is 1.49. The molecule has 0 spiro atoms. The van der Waals surface area contributed by atoms with Crippen LogP contribution in [-0.2, 0) is 9.59 Å². The van der Waals surface area contributed by atoms with Gasteiger partial charge in [-0.05, 0) is 13.2 Å². The van der Waals surface area contributed by atoms with Gasteiger partial charge < -0.3 is 0 Å². The molecule has 1 fully saturated rings. The maximum atomic E-state index is 11.5. The van der Waals surface area contributed by atoms with E-state index < -0.39 is 23.8 Å². The largest absolute Gasteiger partial charge is 0.330 e. The lowest BCUT2D eigenvalue weighted by Gasteiger charge is -2.28. The van der Waals surface area contributed by atoms with Crippen LogP contribution >= 0.6 is 11.8 Å². The number of urea groups is 1. The number of barbiturate groups is 1. The molecule has 0 bridgehead atoms. The molecule has 4 amide bonds. The molecule has 0 aromatic heterocycles. The number of carbonyl (C=O) groups excluding carboxylic acids is 3. The summed E-state index contributed by atoms with van der Waals surface area (Å²) in [7, 11) is 0. The Morgan fingerprint density at radius 2 is 2.07 bits per heavy atom. The highest BCUT2D eigenvalue weighted by Crippen LogP contribution is 2.10. The van der Waals surface area contributed by atoms with Crippen LogP contribution in [0.3, 0.4) is 0 Å². The minimum Gasteiger partial charge on any atom is -0.277 e. The fraction of sp³-hybridized carbons (Fsp3) is 0.625. The molecule has 1 aliphatic rings. The predicted molar refractivity (Wildman–Crippen MR) is 52.8 cm³/mol. The lowest BCUT2D eigenvalue weighted by atomic mass is 10.1. The van der Waals surface area contributed by atoms with Gasteiger partial charge in [0.25, 0.3) is 0 Å². The third kappa shape index (κ3) is 2.06. The number of nitrogens with zero attached hydrogens (tertiary/aromatic N) is 1. The first-order chi connectivity index (χ1) is 6.57. The van der Waals surface area contributed by atoms with Crippen LogP contribution < -0.4 is 5.32 Å². The second-order valence-electron chi connectivity index (χ2n) is 3.00. The molecule has 1 saturated heterocycles. The van der Waals surface area contributed by atoms with Crippen molar-refractivity contribution < 1.29 is 14.4 Å². The van der Waals surface area contributed by atoms with Crippen molar-refractivity contribution in [2.24, 2.45) is 5.92 Å². The second kappa shape index (κ2) is 4.45. The van der Waals surface area contributed by atoms with Crippen LogP contribution in [0.25, 0.3) is 0 Å². The minimum atomic E-state index is -0.755. The smallest absolute Gasteiger partial charge is 0.277 e. The normalized spacial score (nSPS) is 22.6. The molecule has 1 atom stereocenters. The van der Waals surface area contributed by atoms with Crippen molar-refractivity contribution in [1.82, 2.24) is 10.2 Å². The van der Waals surface area contributed by atoms with Gasteiger partial charge >= 0.3 is 6.03 Å². The van der Waals surface area contributed by atoms with E-state index in [9.17, 15) is 14.4 Å². The van der Waals surface area contributed by atoms with Gasteiger partial charge in [-0.1, -0.05) is 0 Å². The summed E-state index contributed by atoms with van der Waals surface area (Å²) < 4.78 is 0. The molecular formula is C8H12N2O3S. The standard InChI is InChI=1S/C8H12N2O3S/c1-5-6(11)9-8(13)10(7(5)12)3-4-14-2/h5H,3-4H2,1-2H3,(H,9,11,13). The number of thioether (sulfide) groups is 1. The Kier molecular flexibility index (Phi) is 3.51. The van der Waals surface area contributed by atoms with Crippen molar-refractivity contribution in [3.05, 3.63) is 0 Å². The lowest BCUT2D eigenvalue weighted by Crippen LogP contribution is -2.57. The van der Waals surface area contributed by atoms with E-state index in [1.807, 2.05) is 6.26 Å². The summed E-state index contributed by atoms with van der Waals surface area (Å²) in [5, 5.41) is 2.14. The molecule has 0 aromatic carbocycles. The van der Waals surface area contributed by atoms with E-state index in [2.05, 4.69) is 5.32 Å². The summed E-state index contributed by atoms with van der Waals surface area (Å²) in [4.78, 5) is 34.9. The topological polar surface area (TPSA) is 66.5 Å². The number of carbonyl (C=O) groups is 3. The van der Waals surface area contributed by atoms with Crippen molar-refractivity contribution in [2.75, 3.05) is 18.6 Å². The molecule has 6 heteroatoms. The van der Waals surface area contributed by atoms with E-state index in [0.29, 0.717) is 12.3 Å². The molecule has 0 aromatic rings. The minimum absolute atomic E-state index is 0.351. The van der Waals surface area contributed by atoms with Crippen molar-refractivity contribution in [1.29, 1.82) is 0 Å². The Morgan fingerprint density at radius 1 is 1.43 bits per heavy atom. The number of rotatable bonds is 3. The van der Waals surface area contributed by atoms with Crippen LogP contribution in [0.4, 0.5) is 4.79 Å². The molecule has 0 aliphatic carbocycles. The summed E-state index contributed by atoms with van der Waals surface area (Å²) in [5.41, 5.74) is 0. The third-order valence-electron chi connectivity index (χ3n) is 2.02. The Morgan fingerprint density at radius 3 is 2.64 bits per heavy atom. The third-order valence-corrected chi connectivity index (χ3v) is 2.61. The molecule has 1 heterocycles. The quantitative estimate of drug-likeness (QED) is 0.678. The highest BCUT2D eigenvalue weighted by Gasteiger charge is 2.36. The molecule has 5 nitrogen and oxygen atoms in total. The lowest BCUT2D eigenvalue weighted by molar-refractivity contribution is -0.141. The van der Waals surface area contributed by atoms with E-state index in [-0.39, 0.29) is 0 Å². The SMILES string of the molecule is CSCCN1C(=O)NC(=O)C(C)C1=O. The Labute approximate surface area is 86.2 Å². The van der Waals surface area contributed by atoms with Gasteiger partial charge in [0, 0.05) is 12.3 Å². The van der Waals surface area contributed by atoms with Crippen molar-refractivity contribution in [3.8, 4) is 0 Å². The molecular weight excluding hydrogens is 204 g/mol. The molecule has 0 radical (unpaired) electrons. The van der Waals surface area contributed by atoms with E-state index in [0.717, 1.165) is 4.90 Å². The molecule has 1 unspecified atom stereocenters. The Hall–Kier alpha value is -1.04. The van der Waals surface area contributed by atoms with Crippen LogP contribution in [0.1, 0.15) is 6.92 Å². The van der Waals surface area contributed by atoms with Gasteiger partial charge in [0.2, 0.25) is 11.8 Å². The summed E-state index contributed by atoms with van der Waals surface area (Å²) >= 11 is 1.54. The van der Waals surface area contributed by atoms with Crippen LogP contribution in [0, 0.1) is 5.92 Å². The van der Waals surface area contributed by atoms with E-state index in [4.69, 9.17) is 0 Å². The molecule has 14 heavy (non-hydrogen) atoms. The number of imide groups is 2. The van der Waals surface area contributed by atoms with Gasteiger partial charge in [-0.25, -0.2) is 4.79 Å². The average molecular weight is 216 g/mol. The highest BCUT2D eigenvalue weighted by atomic mass is 32.2. The molecule has 1 aliphatic heterocycles. The first-order valence-electron chi connectivity index (χ1n) is 4.23. The summed E-state index contributed by atoms with van der Waals surface area (Å²) in [6.07, 6.45) is 1.89. The van der Waals surface area contributed by atoms with Crippen LogP contribution in [0.5, 0.6) is 0 Å². The Bertz CT molecular complexity index is 280. The summed E-state index contributed by atoms with van der Waals surface area (Å²) in [6, 6.07) is -0.604. The zero-order valence-electron chi connectivity index (χ0n) is 8.07. The highest BCUT2D eigenvalue weighted by molar-refractivity contribution is 7.98. The maximum absolute atomic E-state index is 11.5. The van der Waals surface area contributed by atoms with Crippen molar-refractivity contribution >= 4 is 29.6 Å². The van der Waals surface area contributed by atoms with E-state index in [1.54, 1.807) is 11.8 Å². The Balaban J connectivity index is 2.69. The maximum Gasteiger partial charge on any atom is 0.330 e. The summed E-state index contributed by atoms with van der Waals surface area (Å²) in [6.45, 7) is 1.85. The van der Waals surface area contributed by atoms with Crippen LogP contribution in [0.2, 0.25) is 0 Å². The van der Waals surface area contributed by atoms with Gasteiger partial charge in [-0.3, -0.25) is 19.8 Å². The second-order valence-corrected chi connectivity index (χ2v) is 3.98. The summed E-state index contributed by atoms with van der Waals surface area (Å²) in [5.74, 6) is -0.997. The van der Waals surface area contributed by atoms with Crippen molar-refractivity contribution in [3.63, 3.8) is 0 Å². The number of hydrogen-bond donors (Lipinski definition) is 1. The molecule has 1 rings (SSSR count). The van der Waals surface area contributed by atoms with E-state index in [1.165, 1.54) is 6.92 Å². The number of amides is 4. The molecule has 1 N–H and O–H groups in total. The van der Waals surface area contributed by atoms with Gasteiger partial charge in [0.15, 0.2) is 0 Å². The first-order valence-corrected chi connectivity index (χ1v) is 5.62. The molecule has 78 valence electrons. The number of hydrogen-bond acceptors (Lipinski definition) is 4. The fourth-order valence-electron chi connectivity index (χ4n) is 1.12. The van der Waals surface area contributed by atoms with Gasteiger partial charge in [-0.15, -0.1) is 0 Å². The van der Waals surface area contributed by atoms with Crippen LogP contribution in [0.15, 0.2) is 0 Å². The zero-order chi connectivity index (χ0) is 10.7. The van der Waals surface area contributed by atoms with E-state index >= 15 is 0 Å². The van der Waals surface area contributed by atoms with Gasteiger partial charge in [0.1, 0.15) is 5.92 Å².